The minimum absolute atomic E-state index is 0.146. The zero-order chi connectivity index (χ0) is 17.5. The number of nitrogens with zero attached hydrogens (tertiary/aromatic N) is 1. The smallest absolute Gasteiger partial charge is 0.220 e. The molecule has 0 aliphatic rings. The Morgan fingerprint density at radius 3 is 2.76 bits per heavy atom. The highest BCUT2D eigenvalue weighted by Crippen LogP contribution is 2.30. The van der Waals surface area contributed by atoms with Gasteiger partial charge in [-0.05, 0) is 43.0 Å². The van der Waals surface area contributed by atoms with Gasteiger partial charge in [-0.1, -0.05) is 37.6 Å². The van der Waals surface area contributed by atoms with Gasteiger partial charge in [0.2, 0.25) is 5.91 Å². The van der Waals surface area contributed by atoms with Crippen molar-refractivity contribution in [3.63, 3.8) is 0 Å². The van der Waals surface area contributed by atoms with E-state index < -0.39 is 0 Å². The molecule has 4 nitrogen and oxygen atoms in total. The second kappa shape index (κ2) is 8.47. The predicted molar refractivity (Wildman–Crippen MR) is 102 cm³/mol. The van der Waals surface area contributed by atoms with Crippen LogP contribution in [-0.4, -0.2) is 22.4 Å². The molecule has 0 unspecified atom stereocenters. The number of nitrogens with one attached hydrogen (secondary N) is 2. The molecule has 1 amide bonds. The largest absolute Gasteiger partial charge is 0.356 e. The second-order valence-electron chi connectivity index (χ2n) is 6.30. The zero-order valence-electron chi connectivity index (χ0n) is 14.7. The van der Waals surface area contributed by atoms with Crippen LogP contribution in [0.15, 0.2) is 48.7 Å². The first-order valence-electron chi connectivity index (χ1n) is 9.07. The minimum Gasteiger partial charge on any atom is -0.356 e. The number of hydrogen-bond acceptors (Lipinski definition) is 2. The molecular formula is C21H25N3O. The molecule has 0 spiro atoms. The van der Waals surface area contributed by atoms with Gasteiger partial charge >= 0.3 is 0 Å². The maximum Gasteiger partial charge on any atom is 0.220 e. The lowest BCUT2D eigenvalue weighted by Crippen LogP contribution is -2.24. The van der Waals surface area contributed by atoms with Crippen molar-refractivity contribution in [1.29, 1.82) is 0 Å². The summed E-state index contributed by atoms with van der Waals surface area (Å²) in [5.74, 6) is 0.146. The molecule has 0 fully saturated rings. The molecule has 0 radical (unpaired) electrons. The van der Waals surface area contributed by atoms with Crippen molar-refractivity contribution < 1.29 is 4.79 Å². The monoisotopic (exact) mass is 335 g/mol. The molecule has 2 N–H and O–H groups in total. The maximum absolute atomic E-state index is 11.9. The number of hydrogen-bond donors (Lipinski definition) is 2. The van der Waals surface area contributed by atoms with Crippen LogP contribution >= 0.6 is 0 Å². The van der Waals surface area contributed by atoms with E-state index in [2.05, 4.69) is 40.4 Å². The molecule has 3 rings (SSSR count). The van der Waals surface area contributed by atoms with Gasteiger partial charge in [0.15, 0.2) is 0 Å². The van der Waals surface area contributed by atoms with Crippen molar-refractivity contribution in [1.82, 2.24) is 15.3 Å². The van der Waals surface area contributed by atoms with Crippen molar-refractivity contribution in [3.05, 3.63) is 54.2 Å². The average molecular weight is 335 g/mol. The Labute approximate surface area is 148 Å². The number of fused-ring (bicyclic) bond motifs is 1. The Kier molecular flexibility index (Phi) is 5.83. The third kappa shape index (κ3) is 4.27. The van der Waals surface area contributed by atoms with Gasteiger partial charge in [-0.15, -0.1) is 0 Å². The van der Waals surface area contributed by atoms with Crippen LogP contribution in [0.5, 0.6) is 0 Å². The Morgan fingerprint density at radius 1 is 1.12 bits per heavy atom. The predicted octanol–water partition coefficient (Wildman–Crippen LogP) is 4.47. The maximum atomic E-state index is 11.9. The van der Waals surface area contributed by atoms with Gasteiger partial charge in [0.25, 0.3) is 0 Å². The highest BCUT2D eigenvalue weighted by Gasteiger charge is 2.14. The topological polar surface area (TPSA) is 57.8 Å². The first-order chi connectivity index (χ1) is 12.3. The Bertz CT molecular complexity index is 824. The lowest BCUT2D eigenvalue weighted by atomic mass is 10.0. The summed E-state index contributed by atoms with van der Waals surface area (Å²) in [6.45, 7) is 2.91. The van der Waals surface area contributed by atoms with Crippen molar-refractivity contribution in [2.45, 2.75) is 39.0 Å². The number of rotatable bonds is 8. The molecule has 1 aromatic carbocycles. The average Bonchev–Trinajstić information content (AvgIpc) is 3.02. The molecule has 0 saturated heterocycles. The molecular weight excluding hydrogens is 310 g/mol. The van der Waals surface area contributed by atoms with Crippen LogP contribution in [0.25, 0.3) is 22.3 Å². The number of unbranched alkanes of at least 4 members (excludes halogenated alkanes) is 1. The Hall–Kier alpha value is -2.62. The third-order valence-corrected chi connectivity index (χ3v) is 4.42. The lowest BCUT2D eigenvalue weighted by Gasteiger charge is -2.06. The minimum atomic E-state index is 0.146. The van der Waals surface area contributed by atoms with Gasteiger partial charge in [0.05, 0.1) is 11.4 Å². The van der Waals surface area contributed by atoms with E-state index in [1.807, 2.05) is 30.5 Å². The third-order valence-electron chi connectivity index (χ3n) is 4.42. The van der Waals surface area contributed by atoms with Crippen LogP contribution in [0.4, 0.5) is 0 Å². The summed E-state index contributed by atoms with van der Waals surface area (Å²) in [4.78, 5) is 19.9. The van der Waals surface area contributed by atoms with Gasteiger partial charge in [0.1, 0.15) is 0 Å². The van der Waals surface area contributed by atoms with Crippen molar-refractivity contribution in [3.8, 4) is 11.4 Å². The van der Waals surface area contributed by atoms with Crippen LogP contribution in [0.2, 0.25) is 0 Å². The van der Waals surface area contributed by atoms with E-state index in [4.69, 9.17) is 0 Å². The fourth-order valence-electron chi connectivity index (χ4n) is 3.11. The fourth-order valence-corrected chi connectivity index (χ4v) is 3.11. The van der Waals surface area contributed by atoms with E-state index >= 15 is 0 Å². The summed E-state index contributed by atoms with van der Waals surface area (Å²) in [6.07, 6.45) is 6.20. The molecule has 0 aliphatic carbocycles. The SMILES string of the molecule is CCCCNC(=O)CCCc1c(-c2ccccn2)[nH]c2ccccc12. The summed E-state index contributed by atoms with van der Waals surface area (Å²) in [7, 11) is 0. The van der Waals surface area contributed by atoms with Crippen LogP contribution in [0, 0.1) is 0 Å². The van der Waals surface area contributed by atoms with E-state index in [-0.39, 0.29) is 5.91 Å². The number of amides is 1. The van der Waals surface area contributed by atoms with E-state index in [1.165, 1.54) is 10.9 Å². The lowest BCUT2D eigenvalue weighted by molar-refractivity contribution is -0.121. The Balaban J connectivity index is 1.75. The number of pyridine rings is 1. The number of aromatic amines is 1. The van der Waals surface area contributed by atoms with Crippen LogP contribution in [-0.2, 0) is 11.2 Å². The number of carbonyl (C=O) groups excluding carboxylic acids is 1. The number of aryl methyl sites for hydroxylation is 1. The molecule has 0 saturated carbocycles. The first-order valence-corrected chi connectivity index (χ1v) is 9.07. The van der Waals surface area contributed by atoms with Gasteiger partial charge in [-0.2, -0.15) is 0 Å². The molecule has 4 heteroatoms. The van der Waals surface area contributed by atoms with Crippen molar-refractivity contribution in [2.75, 3.05) is 6.54 Å². The second-order valence-corrected chi connectivity index (χ2v) is 6.30. The summed E-state index contributed by atoms with van der Waals surface area (Å²) >= 11 is 0. The van der Waals surface area contributed by atoms with Crippen LogP contribution in [0.1, 0.15) is 38.2 Å². The number of benzene rings is 1. The molecule has 130 valence electrons. The highest BCUT2D eigenvalue weighted by atomic mass is 16.1. The van der Waals surface area contributed by atoms with Crippen LogP contribution in [0.3, 0.4) is 0 Å². The molecule has 2 heterocycles. The normalized spacial score (nSPS) is 10.9. The number of para-hydroxylation sites is 1. The zero-order valence-corrected chi connectivity index (χ0v) is 14.7. The molecule has 25 heavy (non-hydrogen) atoms. The fraction of sp³-hybridized carbons (Fsp3) is 0.333. The van der Waals surface area contributed by atoms with Gasteiger partial charge in [0, 0.05) is 30.1 Å². The molecule has 0 atom stereocenters. The first kappa shape index (κ1) is 17.2. The summed E-state index contributed by atoms with van der Waals surface area (Å²) < 4.78 is 0. The van der Waals surface area contributed by atoms with E-state index in [1.54, 1.807) is 0 Å². The standard InChI is InChI=1S/C21H25N3O/c1-2-3-14-23-20(25)13-8-10-17-16-9-4-5-11-18(16)24-21(17)19-12-6-7-15-22-19/h4-7,9,11-12,15,24H,2-3,8,10,13-14H2,1H3,(H,23,25). The summed E-state index contributed by atoms with van der Waals surface area (Å²) in [5, 5.41) is 4.21. The van der Waals surface area contributed by atoms with Gasteiger partial charge in [-0.3, -0.25) is 9.78 Å². The van der Waals surface area contributed by atoms with E-state index in [9.17, 15) is 4.79 Å². The summed E-state index contributed by atoms with van der Waals surface area (Å²) in [5.41, 5.74) is 4.37. The number of H-pyrrole nitrogens is 1. The van der Waals surface area contributed by atoms with E-state index in [0.717, 1.165) is 49.1 Å². The molecule has 3 aromatic rings. The molecule has 0 aliphatic heterocycles. The molecule has 2 aromatic heterocycles. The highest BCUT2D eigenvalue weighted by molar-refractivity contribution is 5.90. The quantitative estimate of drug-likeness (QED) is 0.597. The van der Waals surface area contributed by atoms with E-state index in [0.29, 0.717) is 6.42 Å². The molecule has 0 bridgehead atoms. The van der Waals surface area contributed by atoms with Gasteiger partial charge < -0.3 is 10.3 Å². The van der Waals surface area contributed by atoms with Crippen molar-refractivity contribution >= 4 is 16.8 Å². The number of carbonyl (C=O) groups is 1. The van der Waals surface area contributed by atoms with Gasteiger partial charge in [-0.25, -0.2) is 0 Å². The summed E-state index contributed by atoms with van der Waals surface area (Å²) in [6, 6.07) is 14.2. The van der Waals surface area contributed by atoms with Crippen LogP contribution < -0.4 is 5.32 Å². The number of aromatic nitrogens is 2. The Morgan fingerprint density at radius 2 is 1.96 bits per heavy atom. The van der Waals surface area contributed by atoms with Crippen molar-refractivity contribution in [2.24, 2.45) is 0 Å².